The van der Waals surface area contributed by atoms with Crippen LogP contribution in [0.1, 0.15) is 26.2 Å². The normalized spacial score (nSPS) is 33.4. The second-order valence-corrected chi connectivity index (χ2v) is 7.39. The second kappa shape index (κ2) is 7.40. The molecule has 4 atom stereocenters. The van der Waals surface area contributed by atoms with Crippen LogP contribution in [0.25, 0.3) is 0 Å². The summed E-state index contributed by atoms with van der Waals surface area (Å²) in [6, 6.07) is 0. The number of rotatable bonds is 8. The third-order valence-corrected chi connectivity index (χ3v) is 5.46. The van der Waals surface area contributed by atoms with Gasteiger partial charge in [0.15, 0.2) is 6.61 Å². The first-order valence-corrected chi connectivity index (χ1v) is 8.84. The average molecular weight is 378 g/mol. The third kappa shape index (κ3) is 3.71. The van der Waals surface area contributed by atoms with Crippen LogP contribution in [0.4, 0.5) is 0 Å². The number of carbonyl (C=O) groups is 2. The van der Waals surface area contributed by atoms with Gasteiger partial charge in [-0.3, -0.25) is 4.18 Å². The zero-order valence-corrected chi connectivity index (χ0v) is 14.7. The molecule has 4 unspecified atom stereocenters. The van der Waals surface area contributed by atoms with Gasteiger partial charge >= 0.3 is 11.9 Å². The number of aliphatic hydroxyl groups excluding tert-OH is 2. The SMILES string of the molecule is C=C(C)C(=O)OCC(=O)OC1C(O[SH](=O)=O)C2(CO)CCC1(CO)C2. The van der Waals surface area contributed by atoms with Crippen molar-refractivity contribution in [2.75, 3.05) is 19.8 Å². The topological polar surface area (TPSA) is 136 Å². The highest BCUT2D eigenvalue weighted by molar-refractivity contribution is 7.67. The molecule has 0 aromatic carbocycles. The predicted molar refractivity (Wildman–Crippen MR) is 83.7 cm³/mol. The number of hydrogen-bond acceptors (Lipinski definition) is 9. The van der Waals surface area contributed by atoms with E-state index in [0.717, 1.165) is 0 Å². The van der Waals surface area contributed by atoms with Crippen molar-refractivity contribution in [2.24, 2.45) is 10.8 Å². The van der Waals surface area contributed by atoms with Gasteiger partial charge in [0.25, 0.3) is 11.0 Å². The van der Waals surface area contributed by atoms with Gasteiger partial charge in [0.05, 0.1) is 13.2 Å². The highest BCUT2D eigenvalue weighted by Gasteiger charge is 2.68. The Hall–Kier alpha value is -1.49. The molecule has 0 aliphatic heterocycles. The number of ether oxygens (including phenoxy) is 2. The van der Waals surface area contributed by atoms with Crippen molar-refractivity contribution in [3.8, 4) is 0 Å². The number of aliphatic hydroxyl groups is 2. The highest BCUT2D eigenvalue weighted by Crippen LogP contribution is 2.63. The van der Waals surface area contributed by atoms with E-state index >= 15 is 0 Å². The quantitative estimate of drug-likeness (QED) is 0.278. The second-order valence-electron chi connectivity index (χ2n) is 6.73. The molecule has 0 spiro atoms. The monoisotopic (exact) mass is 378 g/mol. The summed E-state index contributed by atoms with van der Waals surface area (Å²) in [6.45, 7) is 3.41. The molecule has 9 nitrogen and oxygen atoms in total. The summed E-state index contributed by atoms with van der Waals surface area (Å²) < 4.78 is 37.0. The molecule has 10 heteroatoms. The summed E-state index contributed by atoms with van der Waals surface area (Å²) in [4.78, 5) is 23.3. The molecular formula is C15H22O9S. The molecule has 0 aromatic rings. The van der Waals surface area contributed by atoms with Gasteiger partial charge < -0.3 is 19.7 Å². The first kappa shape index (κ1) is 19.8. The van der Waals surface area contributed by atoms with Gasteiger partial charge in [0, 0.05) is 16.4 Å². The van der Waals surface area contributed by atoms with Crippen molar-refractivity contribution >= 4 is 22.9 Å². The lowest BCUT2D eigenvalue weighted by Gasteiger charge is -2.39. The van der Waals surface area contributed by atoms with Gasteiger partial charge in [-0.1, -0.05) is 6.58 Å². The van der Waals surface area contributed by atoms with E-state index < -0.39 is 52.6 Å². The van der Waals surface area contributed by atoms with Crippen molar-refractivity contribution < 1.29 is 41.9 Å². The molecule has 25 heavy (non-hydrogen) atoms. The van der Waals surface area contributed by atoms with Crippen LogP contribution in [0.15, 0.2) is 12.2 Å². The lowest BCUT2D eigenvalue weighted by Crippen LogP contribution is -2.50. The van der Waals surface area contributed by atoms with Crippen molar-refractivity contribution in [3.05, 3.63) is 12.2 Å². The van der Waals surface area contributed by atoms with E-state index in [9.17, 15) is 28.2 Å². The molecule has 2 rings (SSSR count). The number of hydrogen-bond donors (Lipinski definition) is 3. The average Bonchev–Trinajstić information content (AvgIpc) is 3.06. The molecule has 2 bridgehead atoms. The number of fused-ring (bicyclic) bond motifs is 2. The molecule has 2 fully saturated rings. The van der Waals surface area contributed by atoms with Gasteiger partial charge in [-0.05, 0) is 26.2 Å². The highest BCUT2D eigenvalue weighted by atomic mass is 32.2. The first-order chi connectivity index (χ1) is 11.7. The fraction of sp³-hybridized carbons (Fsp3) is 0.733. The maximum atomic E-state index is 12.0. The van der Waals surface area contributed by atoms with E-state index in [4.69, 9.17) is 13.7 Å². The summed E-state index contributed by atoms with van der Waals surface area (Å²) in [5, 5.41) is 19.6. The first-order valence-electron chi connectivity index (χ1n) is 7.75. The Balaban J connectivity index is 2.16. The number of esters is 2. The summed E-state index contributed by atoms with van der Waals surface area (Å²) >= 11 is 0. The smallest absolute Gasteiger partial charge is 0.344 e. The minimum atomic E-state index is -3.25. The Bertz CT molecular complexity index is 635. The van der Waals surface area contributed by atoms with E-state index in [1.54, 1.807) is 0 Å². The van der Waals surface area contributed by atoms with Gasteiger partial charge in [0.2, 0.25) is 0 Å². The Morgan fingerprint density at radius 1 is 1.16 bits per heavy atom. The minimum absolute atomic E-state index is 0.114. The summed E-state index contributed by atoms with van der Waals surface area (Å²) in [7, 11) is -3.25. The maximum absolute atomic E-state index is 12.0. The van der Waals surface area contributed by atoms with Crippen LogP contribution >= 0.6 is 0 Å². The molecule has 2 N–H and O–H groups in total. The van der Waals surface area contributed by atoms with Crippen LogP contribution in [0, 0.1) is 10.8 Å². The fourth-order valence-corrected chi connectivity index (χ4v) is 4.34. The molecule has 0 aromatic heterocycles. The molecular weight excluding hydrogens is 356 g/mol. The molecule has 0 heterocycles. The Kier molecular flexibility index (Phi) is 5.87. The lowest BCUT2D eigenvalue weighted by molar-refractivity contribution is -0.175. The van der Waals surface area contributed by atoms with Crippen LogP contribution in [0.3, 0.4) is 0 Å². The van der Waals surface area contributed by atoms with Crippen molar-refractivity contribution in [1.82, 2.24) is 0 Å². The Morgan fingerprint density at radius 3 is 2.20 bits per heavy atom. The van der Waals surface area contributed by atoms with Crippen molar-refractivity contribution in [2.45, 2.75) is 38.4 Å². The van der Waals surface area contributed by atoms with Gasteiger partial charge in [-0.15, -0.1) is 0 Å². The zero-order chi connectivity index (χ0) is 18.8. The maximum Gasteiger partial charge on any atom is 0.344 e. The number of thiol groups is 1. The van der Waals surface area contributed by atoms with Crippen molar-refractivity contribution in [3.63, 3.8) is 0 Å². The molecule has 142 valence electrons. The molecule has 2 aliphatic rings. The van der Waals surface area contributed by atoms with E-state index in [1.807, 2.05) is 0 Å². The summed E-state index contributed by atoms with van der Waals surface area (Å²) in [5.41, 5.74) is -1.69. The molecule has 0 amide bonds. The molecule has 2 saturated carbocycles. The Labute approximate surface area is 146 Å². The van der Waals surface area contributed by atoms with E-state index in [0.29, 0.717) is 12.8 Å². The van der Waals surface area contributed by atoms with E-state index in [1.165, 1.54) is 6.92 Å². The Morgan fingerprint density at radius 2 is 1.72 bits per heavy atom. The summed E-state index contributed by atoms with van der Waals surface area (Å²) in [6.07, 6.45) is -1.01. The standard InChI is InChI=1S/C15H22O9S/c1-9(2)13(19)22-5-10(18)23-11-12(24-25(20)21)15(8-17)4-3-14(11,6-15)7-16/h11-12,16-17,25H,1,3-8H2,2H3. The van der Waals surface area contributed by atoms with E-state index in [-0.39, 0.29) is 25.2 Å². The summed E-state index contributed by atoms with van der Waals surface area (Å²) in [5.74, 6) is -1.66. The zero-order valence-electron chi connectivity index (χ0n) is 13.8. The number of carbonyl (C=O) groups excluding carboxylic acids is 2. The van der Waals surface area contributed by atoms with Crippen LogP contribution in [-0.4, -0.2) is 62.6 Å². The van der Waals surface area contributed by atoms with Gasteiger partial charge in [-0.25, -0.2) is 18.0 Å². The molecule has 0 radical (unpaired) electrons. The van der Waals surface area contributed by atoms with Crippen LogP contribution in [0.2, 0.25) is 0 Å². The molecule has 0 saturated heterocycles. The van der Waals surface area contributed by atoms with Crippen molar-refractivity contribution in [1.29, 1.82) is 0 Å². The predicted octanol–water partition coefficient (Wildman–Crippen LogP) is -0.916. The van der Waals surface area contributed by atoms with Crippen LogP contribution in [0.5, 0.6) is 0 Å². The van der Waals surface area contributed by atoms with Gasteiger partial charge in [-0.2, -0.15) is 0 Å². The molecule has 2 aliphatic carbocycles. The third-order valence-electron chi connectivity index (χ3n) is 5.06. The van der Waals surface area contributed by atoms with Gasteiger partial charge in [0.1, 0.15) is 12.2 Å². The largest absolute Gasteiger partial charge is 0.456 e. The lowest BCUT2D eigenvalue weighted by atomic mass is 9.78. The fourth-order valence-electron chi connectivity index (χ4n) is 3.82. The minimum Gasteiger partial charge on any atom is -0.456 e. The van der Waals surface area contributed by atoms with Crippen LogP contribution in [-0.2, 0) is 34.2 Å². The van der Waals surface area contributed by atoms with E-state index in [2.05, 4.69) is 6.58 Å². The van der Waals surface area contributed by atoms with Crippen LogP contribution < -0.4 is 0 Å².